The Morgan fingerprint density at radius 3 is 1.91 bits per heavy atom. The van der Waals surface area contributed by atoms with Gasteiger partial charge in [0.2, 0.25) is 5.91 Å². The van der Waals surface area contributed by atoms with Crippen LogP contribution in [0.25, 0.3) is 0 Å². The Kier molecular flexibility index (Phi) is 17.8. The van der Waals surface area contributed by atoms with E-state index >= 15 is 0 Å². The number of hydrogen-bond acceptors (Lipinski definition) is 10. The summed E-state index contributed by atoms with van der Waals surface area (Å²) < 4.78 is 11.3. The number of hydrogen-bond donors (Lipinski definition) is 4. The van der Waals surface area contributed by atoms with Gasteiger partial charge in [-0.15, -0.1) is 0 Å². The summed E-state index contributed by atoms with van der Waals surface area (Å²) >= 11 is 0. The molecule has 0 aromatic heterocycles. The fourth-order valence-corrected chi connectivity index (χ4v) is 9.45. The molecule has 16 heteroatoms. The molecule has 2 aliphatic carbocycles. The molecule has 0 bridgehead atoms. The highest BCUT2D eigenvalue weighted by Gasteiger charge is 2.43. The van der Waals surface area contributed by atoms with Crippen LogP contribution in [0, 0.1) is 11.8 Å². The molecule has 2 aliphatic heterocycles. The number of carbonyl (C=O) groups is 7. The number of amides is 6. The number of anilines is 3. The third-order valence-corrected chi connectivity index (χ3v) is 13.1. The Morgan fingerprint density at radius 1 is 0.642 bits per heavy atom. The van der Waals surface area contributed by atoms with Gasteiger partial charge >= 0.3 is 12.1 Å². The van der Waals surface area contributed by atoms with E-state index in [1.807, 2.05) is 12.1 Å². The van der Waals surface area contributed by atoms with Gasteiger partial charge in [-0.2, -0.15) is 0 Å². The number of alkyl carbamates (subject to hydrolysis) is 1. The second-order valence-electron chi connectivity index (χ2n) is 18.1. The molecular weight excluding hydrogens is 855 g/mol. The van der Waals surface area contributed by atoms with Crippen LogP contribution >= 0.6 is 0 Å². The topological polar surface area (TPSA) is 196 Å². The van der Waals surface area contributed by atoms with Gasteiger partial charge in [-0.05, 0) is 112 Å². The van der Waals surface area contributed by atoms with Crippen molar-refractivity contribution >= 4 is 58.5 Å². The minimum Gasteiger partial charge on any atom is -0.494 e. The van der Waals surface area contributed by atoms with E-state index in [2.05, 4.69) is 38.3 Å². The molecule has 0 radical (unpaired) electrons. The summed E-state index contributed by atoms with van der Waals surface area (Å²) in [5, 5.41) is 10.8. The van der Waals surface area contributed by atoms with E-state index in [4.69, 9.17) is 9.47 Å². The van der Waals surface area contributed by atoms with E-state index in [9.17, 15) is 33.6 Å². The summed E-state index contributed by atoms with van der Waals surface area (Å²) in [6, 6.07) is 18.8. The van der Waals surface area contributed by atoms with E-state index in [-0.39, 0.29) is 62.0 Å². The van der Waals surface area contributed by atoms with Gasteiger partial charge in [-0.25, -0.2) is 9.59 Å². The maximum atomic E-state index is 14.3. The lowest BCUT2D eigenvalue weighted by molar-refractivity contribution is -0.131. The number of piperidine rings is 1. The molecule has 0 atom stereocenters. The predicted molar refractivity (Wildman–Crippen MR) is 254 cm³/mol. The van der Waals surface area contributed by atoms with Crippen LogP contribution in [-0.4, -0.2) is 98.2 Å². The number of fused-ring (bicyclic) bond motifs is 1. The number of urea groups is 1. The predicted octanol–water partition coefficient (Wildman–Crippen LogP) is 6.65. The first-order valence-electron chi connectivity index (χ1n) is 24.2. The van der Waals surface area contributed by atoms with Crippen molar-refractivity contribution in [2.24, 2.45) is 11.8 Å². The van der Waals surface area contributed by atoms with Crippen LogP contribution in [0.3, 0.4) is 0 Å². The standard InChI is InChI=1S/C51H65N7O9/c59-44(38-16-2-3-17-38)33-57-42-22-6-7-23-43(42)58(34-45(60)39-18-4-5-19-39)49(63)47(48(57)62)55-50(64)54-40-20-10-15-37(30-40)35-67-51(65)53-25-12-24-46(61)52-26-13-29-66-41-21-11-14-36(31-41)32-56-27-8-1-9-28-56/h6-7,10-11,14-15,20-23,30-31,38-39,47H,1-5,8-9,12-13,16-19,24-29,32-35H2,(H,52,61)(H,53,65)(H2,54,55,64). The fourth-order valence-electron chi connectivity index (χ4n) is 9.45. The first kappa shape index (κ1) is 48.6. The normalized spacial score (nSPS) is 17.1. The Labute approximate surface area is 392 Å². The number of benzene rings is 3. The van der Waals surface area contributed by atoms with Crippen molar-refractivity contribution in [1.29, 1.82) is 0 Å². The van der Waals surface area contributed by atoms with E-state index < -0.39 is 30.0 Å². The van der Waals surface area contributed by atoms with Crippen molar-refractivity contribution in [2.75, 3.05) is 61.0 Å². The van der Waals surface area contributed by atoms with E-state index in [1.54, 1.807) is 48.5 Å². The molecule has 3 aromatic rings. The molecule has 6 amide bonds. The van der Waals surface area contributed by atoms with Gasteiger partial charge in [0.05, 0.1) is 31.1 Å². The SMILES string of the molecule is O=C(CCCNC(=O)OCc1cccc(NC(=O)NC2C(=O)N(CC(=O)C3CCCC3)c3ccccc3N(CC(=O)C3CCCC3)C2=O)c1)NCCCOc1cccc(CN2CCCCC2)c1. The number of likely N-dealkylation sites (tertiary alicyclic amines) is 1. The van der Waals surface area contributed by atoms with Gasteiger partial charge in [0.25, 0.3) is 11.8 Å². The third kappa shape index (κ3) is 14.1. The van der Waals surface area contributed by atoms with Crippen LogP contribution in [0.5, 0.6) is 5.75 Å². The Hall–Kier alpha value is -6.29. The fraction of sp³-hybridized carbons (Fsp3) is 0.510. The minimum atomic E-state index is -1.73. The summed E-state index contributed by atoms with van der Waals surface area (Å²) in [6.45, 7) is 3.73. The summed E-state index contributed by atoms with van der Waals surface area (Å²) in [6.07, 6.45) is 11.1. The smallest absolute Gasteiger partial charge is 0.407 e. The van der Waals surface area contributed by atoms with Crippen molar-refractivity contribution in [1.82, 2.24) is 20.9 Å². The zero-order valence-electron chi connectivity index (χ0n) is 38.4. The van der Waals surface area contributed by atoms with E-state index in [1.165, 1.54) is 34.6 Å². The average Bonchev–Trinajstić information content (AvgIpc) is 4.08. The van der Waals surface area contributed by atoms with Crippen LogP contribution in [0.2, 0.25) is 0 Å². The zero-order chi connectivity index (χ0) is 47.0. The quantitative estimate of drug-likeness (QED) is 0.0664. The van der Waals surface area contributed by atoms with Crippen molar-refractivity contribution in [3.63, 3.8) is 0 Å². The molecule has 3 aromatic carbocycles. The van der Waals surface area contributed by atoms with E-state index in [0.29, 0.717) is 48.6 Å². The largest absolute Gasteiger partial charge is 0.494 e. The van der Waals surface area contributed by atoms with Crippen molar-refractivity contribution in [3.8, 4) is 5.75 Å². The second kappa shape index (κ2) is 24.5. The summed E-state index contributed by atoms with van der Waals surface area (Å²) in [5.41, 5.74) is 2.74. The number of nitrogens with one attached hydrogen (secondary N) is 4. The maximum absolute atomic E-state index is 14.3. The number of Topliss-reactive ketones (excluding diaryl/α,β-unsaturated/α-hetero) is 2. The first-order valence-corrected chi connectivity index (χ1v) is 24.2. The molecule has 16 nitrogen and oxygen atoms in total. The second-order valence-corrected chi connectivity index (χ2v) is 18.1. The molecule has 0 unspecified atom stereocenters. The molecule has 4 aliphatic rings. The van der Waals surface area contributed by atoms with Crippen LogP contribution in [0.15, 0.2) is 72.8 Å². The van der Waals surface area contributed by atoms with Crippen molar-refractivity contribution in [2.45, 2.75) is 109 Å². The zero-order valence-corrected chi connectivity index (χ0v) is 38.4. The number of ether oxygens (including phenoxy) is 2. The van der Waals surface area contributed by atoms with Crippen LogP contribution < -0.4 is 35.8 Å². The van der Waals surface area contributed by atoms with Gasteiger partial charge < -0.3 is 40.5 Å². The van der Waals surface area contributed by atoms with Gasteiger partial charge in [0, 0.05) is 43.6 Å². The van der Waals surface area contributed by atoms with Gasteiger partial charge in [-0.3, -0.25) is 28.9 Å². The lowest BCUT2D eigenvalue weighted by Gasteiger charge is -2.26. The number of rotatable bonds is 21. The van der Waals surface area contributed by atoms with Crippen molar-refractivity contribution < 1.29 is 43.0 Å². The van der Waals surface area contributed by atoms with Gasteiger partial charge in [0.1, 0.15) is 12.4 Å². The number of ketones is 2. The molecular formula is C51H65N7O9. The van der Waals surface area contributed by atoms with Crippen LogP contribution in [0.1, 0.15) is 101 Å². The molecule has 2 heterocycles. The molecule has 4 N–H and O–H groups in total. The maximum Gasteiger partial charge on any atom is 0.407 e. The lowest BCUT2D eigenvalue weighted by Crippen LogP contribution is -2.57. The number of para-hydroxylation sites is 2. The highest BCUT2D eigenvalue weighted by atomic mass is 16.5. The molecule has 67 heavy (non-hydrogen) atoms. The molecule has 1 saturated heterocycles. The molecule has 0 spiro atoms. The van der Waals surface area contributed by atoms with Gasteiger partial charge in [-0.1, -0.05) is 68.5 Å². The monoisotopic (exact) mass is 919 g/mol. The van der Waals surface area contributed by atoms with Gasteiger partial charge in [0.15, 0.2) is 17.6 Å². The minimum absolute atomic E-state index is 0.115. The number of carbonyl (C=O) groups excluding carboxylic acids is 7. The third-order valence-electron chi connectivity index (χ3n) is 13.1. The highest BCUT2D eigenvalue weighted by Crippen LogP contribution is 2.36. The molecule has 358 valence electrons. The van der Waals surface area contributed by atoms with E-state index in [0.717, 1.165) is 76.8 Å². The molecule has 3 fully saturated rings. The van der Waals surface area contributed by atoms with Crippen LogP contribution in [-0.2, 0) is 41.9 Å². The first-order chi connectivity index (χ1) is 32.6. The average molecular weight is 920 g/mol. The highest BCUT2D eigenvalue weighted by molar-refractivity contribution is 6.23. The number of nitrogens with zero attached hydrogens (tertiary/aromatic N) is 3. The van der Waals surface area contributed by atoms with Crippen molar-refractivity contribution in [3.05, 3.63) is 83.9 Å². The lowest BCUT2D eigenvalue weighted by atomic mass is 10.0. The summed E-state index contributed by atoms with van der Waals surface area (Å²) in [4.78, 5) is 99.2. The Bertz CT molecular complexity index is 2150. The molecule has 7 rings (SSSR count). The molecule has 2 saturated carbocycles. The summed E-state index contributed by atoms with van der Waals surface area (Å²) in [5.74, 6) is -1.46. The van der Waals surface area contributed by atoms with Crippen LogP contribution in [0.4, 0.5) is 26.7 Å². The Morgan fingerprint density at radius 2 is 1.25 bits per heavy atom. The Balaban J connectivity index is 0.846. The summed E-state index contributed by atoms with van der Waals surface area (Å²) in [7, 11) is 0.